The highest BCUT2D eigenvalue weighted by atomic mass is 31.2. The van der Waals surface area contributed by atoms with E-state index in [1.165, 1.54) is 128 Å². The van der Waals surface area contributed by atoms with Crippen molar-refractivity contribution in [3.8, 4) is 0 Å². The smallest absolute Gasteiger partial charge is 0.462 e. The Balaban J connectivity index is 4.17. The van der Waals surface area contributed by atoms with Gasteiger partial charge in [0.1, 0.15) is 12.7 Å². The van der Waals surface area contributed by atoms with Gasteiger partial charge in [-0.3, -0.25) is 18.6 Å². The van der Waals surface area contributed by atoms with E-state index in [-0.39, 0.29) is 19.4 Å². The first-order valence-electron chi connectivity index (χ1n) is 24.3. The summed E-state index contributed by atoms with van der Waals surface area (Å²) >= 11 is 0. The highest BCUT2D eigenvalue weighted by Gasteiger charge is 2.27. The summed E-state index contributed by atoms with van der Waals surface area (Å²) in [5, 5.41) is 18.4. The minimum atomic E-state index is -4.62. The predicted molar refractivity (Wildman–Crippen MR) is 242 cm³/mol. The van der Waals surface area contributed by atoms with Crippen molar-refractivity contribution >= 4 is 19.8 Å². The molecular formula is C48H91O10P. The summed E-state index contributed by atoms with van der Waals surface area (Å²) in [6, 6.07) is 0. The highest BCUT2D eigenvalue weighted by molar-refractivity contribution is 7.47. The van der Waals surface area contributed by atoms with Crippen molar-refractivity contribution in [1.82, 2.24) is 0 Å². The second-order valence-electron chi connectivity index (χ2n) is 16.5. The van der Waals surface area contributed by atoms with Gasteiger partial charge in [-0.05, 0) is 44.9 Å². The molecule has 0 fully saturated rings. The van der Waals surface area contributed by atoms with Crippen molar-refractivity contribution in [3.63, 3.8) is 0 Å². The number of carbonyl (C=O) groups is 2. The zero-order valence-electron chi connectivity index (χ0n) is 38.0. The normalized spacial score (nSPS) is 13.9. The molecule has 3 N–H and O–H groups in total. The van der Waals surface area contributed by atoms with Gasteiger partial charge in [0.05, 0.1) is 19.8 Å². The van der Waals surface area contributed by atoms with Crippen LogP contribution in [-0.4, -0.2) is 65.7 Å². The van der Waals surface area contributed by atoms with Crippen molar-refractivity contribution in [2.24, 2.45) is 0 Å². The van der Waals surface area contributed by atoms with Gasteiger partial charge in [0.2, 0.25) is 0 Å². The number of allylic oxidation sites excluding steroid dienone is 4. The monoisotopic (exact) mass is 859 g/mol. The average molecular weight is 859 g/mol. The van der Waals surface area contributed by atoms with Gasteiger partial charge in [-0.2, -0.15) is 0 Å². The molecule has 0 aliphatic carbocycles. The van der Waals surface area contributed by atoms with Gasteiger partial charge < -0.3 is 24.6 Å². The molecule has 0 saturated carbocycles. The molecule has 0 rings (SSSR count). The number of ether oxygens (including phenoxy) is 2. The second kappa shape index (κ2) is 44.5. The molecular weight excluding hydrogens is 767 g/mol. The molecule has 59 heavy (non-hydrogen) atoms. The van der Waals surface area contributed by atoms with E-state index in [0.29, 0.717) is 12.8 Å². The molecule has 3 atom stereocenters. The van der Waals surface area contributed by atoms with Gasteiger partial charge in [-0.15, -0.1) is 0 Å². The maximum atomic E-state index is 12.6. The molecule has 11 heteroatoms. The molecule has 0 radical (unpaired) electrons. The van der Waals surface area contributed by atoms with Crippen LogP contribution in [0.5, 0.6) is 0 Å². The summed E-state index contributed by atoms with van der Waals surface area (Å²) in [5.74, 6) is -0.929. The zero-order valence-corrected chi connectivity index (χ0v) is 38.9. The molecule has 0 aliphatic rings. The number of phosphoric acid groups is 1. The minimum absolute atomic E-state index is 0.171. The molecule has 0 aromatic rings. The number of hydrogen-bond donors (Lipinski definition) is 3. The first-order chi connectivity index (χ1) is 28.7. The van der Waals surface area contributed by atoms with Crippen LogP contribution in [0.1, 0.15) is 232 Å². The molecule has 0 saturated heterocycles. The van der Waals surface area contributed by atoms with Crippen molar-refractivity contribution in [3.05, 3.63) is 24.3 Å². The molecule has 0 bridgehead atoms. The maximum Gasteiger partial charge on any atom is 0.472 e. The Morgan fingerprint density at radius 3 is 1.34 bits per heavy atom. The fourth-order valence-corrected chi connectivity index (χ4v) is 7.64. The summed E-state index contributed by atoms with van der Waals surface area (Å²) in [5.41, 5.74) is 0. The van der Waals surface area contributed by atoms with Gasteiger partial charge in [-0.1, -0.05) is 199 Å². The summed E-state index contributed by atoms with van der Waals surface area (Å²) in [7, 11) is -4.62. The third-order valence-corrected chi connectivity index (χ3v) is 11.6. The number of unbranched alkanes of at least 4 members (excludes halogenated alkanes) is 28. The minimum Gasteiger partial charge on any atom is -0.462 e. The van der Waals surface area contributed by atoms with Crippen LogP contribution in [-0.2, 0) is 32.7 Å². The van der Waals surface area contributed by atoms with E-state index in [0.717, 1.165) is 64.2 Å². The summed E-state index contributed by atoms with van der Waals surface area (Å²) < 4.78 is 32.8. The van der Waals surface area contributed by atoms with Crippen LogP contribution in [0.15, 0.2) is 24.3 Å². The number of hydrogen-bond acceptors (Lipinski definition) is 9. The summed E-state index contributed by atoms with van der Waals surface area (Å²) in [6.07, 6.45) is 45.7. The van der Waals surface area contributed by atoms with Crippen LogP contribution in [0, 0.1) is 0 Å². The molecule has 0 aromatic heterocycles. The standard InChI is InChI=1S/C48H91O10P/c1-3-5-7-9-11-13-15-17-19-20-21-22-23-24-26-27-29-31-33-35-37-39-47(51)55-43-46(44-57-59(53,54)56-42-45(50)41-49)58-48(52)40-38-36-34-32-30-28-25-18-16-14-12-10-8-6-4-2/h12,14,18,25,45-46,49-50H,3-11,13,15-17,19-24,26-44H2,1-2H3,(H,53,54)/b14-12+,25-18+/t45-,46+/m1/s1. The van der Waals surface area contributed by atoms with Gasteiger partial charge in [0.25, 0.3) is 0 Å². The molecule has 0 aromatic carbocycles. The van der Waals surface area contributed by atoms with Gasteiger partial charge in [0.15, 0.2) is 6.10 Å². The maximum absolute atomic E-state index is 12.6. The number of aliphatic hydroxyl groups excluding tert-OH is 2. The molecule has 348 valence electrons. The van der Waals surface area contributed by atoms with Crippen molar-refractivity contribution < 1.29 is 47.8 Å². The molecule has 0 aliphatic heterocycles. The van der Waals surface area contributed by atoms with Crippen LogP contribution in [0.3, 0.4) is 0 Å². The van der Waals surface area contributed by atoms with E-state index in [4.69, 9.17) is 23.6 Å². The van der Waals surface area contributed by atoms with Gasteiger partial charge in [-0.25, -0.2) is 4.57 Å². The van der Waals surface area contributed by atoms with Gasteiger partial charge in [0, 0.05) is 12.8 Å². The lowest BCUT2D eigenvalue weighted by molar-refractivity contribution is -0.161. The SMILES string of the molecule is CCCCC/C=C/C/C=C/CCCCCCCC(=O)O[C@@H](COC(=O)CCCCCCCCCCCCCCCCCCCCCCC)COP(=O)(O)OC[C@H](O)CO. The number of aliphatic hydroxyl groups is 2. The van der Waals surface area contributed by atoms with E-state index in [2.05, 4.69) is 38.2 Å². The second-order valence-corrected chi connectivity index (χ2v) is 17.9. The van der Waals surface area contributed by atoms with Crippen LogP contribution in [0.2, 0.25) is 0 Å². The third kappa shape index (κ3) is 44.3. The number of phosphoric ester groups is 1. The summed E-state index contributed by atoms with van der Waals surface area (Å²) in [4.78, 5) is 35.1. The molecule has 1 unspecified atom stereocenters. The first kappa shape index (κ1) is 57.4. The Morgan fingerprint density at radius 1 is 0.508 bits per heavy atom. The highest BCUT2D eigenvalue weighted by Crippen LogP contribution is 2.43. The predicted octanol–water partition coefficient (Wildman–Crippen LogP) is 13.3. The average Bonchev–Trinajstić information content (AvgIpc) is 3.22. The largest absolute Gasteiger partial charge is 0.472 e. The third-order valence-electron chi connectivity index (χ3n) is 10.6. The Hall–Kier alpha value is -1.55. The number of carbonyl (C=O) groups excluding carboxylic acids is 2. The van der Waals surface area contributed by atoms with E-state index in [1.807, 2.05) is 0 Å². The quantitative estimate of drug-likeness (QED) is 0.0234. The van der Waals surface area contributed by atoms with Gasteiger partial charge >= 0.3 is 19.8 Å². The Morgan fingerprint density at radius 2 is 0.881 bits per heavy atom. The lowest BCUT2D eigenvalue weighted by Crippen LogP contribution is -2.29. The number of esters is 2. The van der Waals surface area contributed by atoms with E-state index < -0.39 is 51.8 Å². The number of rotatable bonds is 46. The molecule has 0 spiro atoms. The Bertz CT molecular complexity index is 1040. The lowest BCUT2D eigenvalue weighted by Gasteiger charge is -2.20. The molecule has 0 heterocycles. The topological polar surface area (TPSA) is 149 Å². The van der Waals surface area contributed by atoms with E-state index in [1.54, 1.807) is 0 Å². The molecule has 10 nitrogen and oxygen atoms in total. The van der Waals surface area contributed by atoms with Crippen molar-refractivity contribution in [2.45, 2.75) is 244 Å². The Kier molecular flexibility index (Phi) is 43.3. The van der Waals surface area contributed by atoms with E-state index >= 15 is 0 Å². The van der Waals surface area contributed by atoms with E-state index in [9.17, 15) is 24.2 Å². The summed E-state index contributed by atoms with van der Waals surface area (Å²) in [6.45, 7) is 2.38. The van der Waals surface area contributed by atoms with Crippen molar-refractivity contribution in [1.29, 1.82) is 0 Å². The van der Waals surface area contributed by atoms with Crippen LogP contribution < -0.4 is 0 Å². The zero-order chi connectivity index (χ0) is 43.3. The van der Waals surface area contributed by atoms with Crippen LogP contribution in [0.4, 0.5) is 0 Å². The van der Waals surface area contributed by atoms with Crippen LogP contribution >= 0.6 is 7.82 Å². The fourth-order valence-electron chi connectivity index (χ4n) is 6.85. The fraction of sp³-hybridized carbons (Fsp3) is 0.875. The van der Waals surface area contributed by atoms with Crippen molar-refractivity contribution in [2.75, 3.05) is 26.4 Å². The lowest BCUT2D eigenvalue weighted by atomic mass is 10.0. The first-order valence-corrected chi connectivity index (χ1v) is 25.8. The van der Waals surface area contributed by atoms with Crippen LogP contribution in [0.25, 0.3) is 0 Å². The Labute approximate surface area is 361 Å². The molecule has 0 amide bonds.